The van der Waals surface area contributed by atoms with Gasteiger partial charge in [-0.1, -0.05) is 6.92 Å². The number of nitrogens with zero attached hydrogens (tertiary/aromatic N) is 1. The predicted molar refractivity (Wildman–Crippen MR) is 69.8 cm³/mol. The highest BCUT2D eigenvalue weighted by Crippen LogP contribution is 2.16. The first-order valence-electron chi connectivity index (χ1n) is 5.82. The Bertz CT molecular complexity index is 392. The fourth-order valence-electron chi connectivity index (χ4n) is 1.36. The first-order chi connectivity index (χ1) is 8.04. The number of rotatable bonds is 5. The van der Waals surface area contributed by atoms with Crippen molar-refractivity contribution in [1.82, 2.24) is 10.3 Å². The van der Waals surface area contributed by atoms with E-state index >= 15 is 0 Å². The number of carbonyl (C=O) groups is 1. The zero-order valence-corrected chi connectivity index (χ0v) is 10.6. The van der Waals surface area contributed by atoms with Gasteiger partial charge in [-0.2, -0.15) is 0 Å². The number of nitrogens with one attached hydrogen (secondary N) is 2. The fraction of sp³-hybridized carbons (Fsp3) is 0.500. The van der Waals surface area contributed by atoms with E-state index in [9.17, 15) is 4.79 Å². The number of anilines is 2. The fourth-order valence-corrected chi connectivity index (χ4v) is 1.36. The van der Waals surface area contributed by atoms with Crippen molar-refractivity contribution in [1.29, 1.82) is 0 Å². The van der Waals surface area contributed by atoms with E-state index in [1.54, 1.807) is 13.0 Å². The third-order valence-corrected chi connectivity index (χ3v) is 2.36. The molecule has 0 aromatic carbocycles. The highest BCUT2D eigenvalue weighted by atomic mass is 16.2. The molecule has 1 aromatic rings. The molecule has 1 heterocycles. The SMILES string of the molecule is CCCNC(=O)C(C)Nc1nc(C)ccc1N. The van der Waals surface area contributed by atoms with Crippen molar-refractivity contribution in [3.05, 3.63) is 17.8 Å². The molecule has 0 aliphatic rings. The minimum absolute atomic E-state index is 0.0467. The molecule has 5 nitrogen and oxygen atoms in total. The molecule has 0 fully saturated rings. The van der Waals surface area contributed by atoms with Gasteiger partial charge in [-0.15, -0.1) is 0 Å². The van der Waals surface area contributed by atoms with Crippen LogP contribution in [0.25, 0.3) is 0 Å². The Hall–Kier alpha value is -1.78. The van der Waals surface area contributed by atoms with Crippen LogP contribution in [0.4, 0.5) is 11.5 Å². The maximum Gasteiger partial charge on any atom is 0.242 e. The Labute approximate surface area is 102 Å². The van der Waals surface area contributed by atoms with E-state index in [-0.39, 0.29) is 11.9 Å². The van der Waals surface area contributed by atoms with Gasteiger partial charge < -0.3 is 16.4 Å². The predicted octanol–water partition coefficient (Wildman–Crippen LogP) is 1.30. The molecule has 0 saturated carbocycles. The van der Waals surface area contributed by atoms with Crippen LogP contribution in [0.5, 0.6) is 0 Å². The van der Waals surface area contributed by atoms with Crippen LogP contribution < -0.4 is 16.4 Å². The summed E-state index contributed by atoms with van der Waals surface area (Å²) in [7, 11) is 0. The summed E-state index contributed by atoms with van der Waals surface area (Å²) in [5, 5.41) is 5.83. The quantitative estimate of drug-likeness (QED) is 0.720. The molecule has 1 rings (SSSR count). The van der Waals surface area contributed by atoms with Crippen molar-refractivity contribution in [3.8, 4) is 0 Å². The van der Waals surface area contributed by atoms with Gasteiger partial charge in [0.15, 0.2) is 0 Å². The second kappa shape index (κ2) is 6.08. The number of nitrogen functional groups attached to an aromatic ring is 1. The number of nitrogens with two attached hydrogens (primary N) is 1. The number of carbonyl (C=O) groups excluding carboxylic acids is 1. The molecule has 0 spiro atoms. The second-order valence-corrected chi connectivity index (χ2v) is 4.05. The molecular formula is C12H20N4O. The van der Waals surface area contributed by atoms with Crippen LogP contribution in [0, 0.1) is 6.92 Å². The molecule has 0 bridgehead atoms. The van der Waals surface area contributed by atoms with Crippen LogP contribution in [-0.4, -0.2) is 23.5 Å². The van der Waals surface area contributed by atoms with Gasteiger partial charge >= 0.3 is 0 Å². The monoisotopic (exact) mass is 236 g/mol. The molecule has 0 radical (unpaired) electrons. The second-order valence-electron chi connectivity index (χ2n) is 4.05. The van der Waals surface area contributed by atoms with Gasteiger partial charge in [0.25, 0.3) is 0 Å². The molecule has 1 aromatic heterocycles. The highest BCUT2D eigenvalue weighted by Gasteiger charge is 2.13. The number of aromatic nitrogens is 1. The Morgan fingerprint density at radius 1 is 1.53 bits per heavy atom. The van der Waals surface area contributed by atoms with Crippen molar-refractivity contribution in [2.45, 2.75) is 33.2 Å². The molecule has 5 heteroatoms. The topological polar surface area (TPSA) is 80.0 Å². The molecule has 0 aliphatic heterocycles. The van der Waals surface area contributed by atoms with Crippen LogP contribution in [0.2, 0.25) is 0 Å². The summed E-state index contributed by atoms with van der Waals surface area (Å²) < 4.78 is 0. The van der Waals surface area contributed by atoms with Gasteiger partial charge in [-0.05, 0) is 32.4 Å². The molecule has 0 aliphatic carbocycles. The average molecular weight is 236 g/mol. The molecule has 4 N–H and O–H groups in total. The molecular weight excluding hydrogens is 216 g/mol. The lowest BCUT2D eigenvalue weighted by Crippen LogP contribution is -2.38. The van der Waals surface area contributed by atoms with Crippen molar-refractivity contribution in [2.24, 2.45) is 0 Å². The van der Waals surface area contributed by atoms with Gasteiger partial charge in [0.1, 0.15) is 11.9 Å². The maximum absolute atomic E-state index is 11.7. The minimum atomic E-state index is -0.349. The molecule has 0 saturated heterocycles. The van der Waals surface area contributed by atoms with E-state index in [2.05, 4.69) is 15.6 Å². The zero-order chi connectivity index (χ0) is 12.8. The first kappa shape index (κ1) is 13.3. The van der Waals surface area contributed by atoms with Gasteiger partial charge in [0.05, 0.1) is 5.69 Å². The van der Waals surface area contributed by atoms with Crippen LogP contribution in [0.3, 0.4) is 0 Å². The number of amides is 1. The lowest BCUT2D eigenvalue weighted by atomic mass is 10.2. The van der Waals surface area contributed by atoms with Crippen molar-refractivity contribution < 1.29 is 4.79 Å². The lowest BCUT2D eigenvalue weighted by Gasteiger charge is -2.15. The van der Waals surface area contributed by atoms with E-state index in [1.807, 2.05) is 19.9 Å². The summed E-state index contributed by atoms with van der Waals surface area (Å²) in [6, 6.07) is 3.27. The number of pyridine rings is 1. The van der Waals surface area contributed by atoms with E-state index in [0.717, 1.165) is 12.1 Å². The summed E-state index contributed by atoms with van der Waals surface area (Å²) in [4.78, 5) is 15.9. The molecule has 1 atom stereocenters. The first-order valence-corrected chi connectivity index (χ1v) is 5.82. The summed E-state index contributed by atoms with van der Waals surface area (Å²) in [6.45, 7) is 6.36. The normalized spacial score (nSPS) is 11.9. The average Bonchev–Trinajstić information content (AvgIpc) is 2.30. The zero-order valence-electron chi connectivity index (χ0n) is 10.6. The molecule has 1 amide bonds. The number of hydrogen-bond acceptors (Lipinski definition) is 4. The van der Waals surface area contributed by atoms with Gasteiger partial charge in [-0.25, -0.2) is 4.98 Å². The Balaban J connectivity index is 2.64. The summed E-state index contributed by atoms with van der Waals surface area (Å²) in [6.07, 6.45) is 0.920. The summed E-state index contributed by atoms with van der Waals surface area (Å²) in [5.41, 5.74) is 7.19. The summed E-state index contributed by atoms with van der Waals surface area (Å²) >= 11 is 0. The van der Waals surface area contributed by atoms with Gasteiger partial charge in [-0.3, -0.25) is 4.79 Å². The van der Waals surface area contributed by atoms with Gasteiger partial charge in [0, 0.05) is 12.2 Å². The van der Waals surface area contributed by atoms with Crippen LogP contribution in [-0.2, 0) is 4.79 Å². The minimum Gasteiger partial charge on any atom is -0.396 e. The molecule has 1 unspecified atom stereocenters. The molecule has 94 valence electrons. The smallest absolute Gasteiger partial charge is 0.242 e. The van der Waals surface area contributed by atoms with Crippen molar-refractivity contribution in [2.75, 3.05) is 17.6 Å². The van der Waals surface area contributed by atoms with Crippen molar-refractivity contribution in [3.63, 3.8) is 0 Å². The largest absolute Gasteiger partial charge is 0.396 e. The number of hydrogen-bond donors (Lipinski definition) is 3. The van der Waals surface area contributed by atoms with E-state index in [1.165, 1.54) is 0 Å². The van der Waals surface area contributed by atoms with E-state index in [0.29, 0.717) is 18.1 Å². The molecule has 17 heavy (non-hydrogen) atoms. The summed E-state index contributed by atoms with van der Waals surface area (Å²) in [5.74, 6) is 0.513. The maximum atomic E-state index is 11.7. The lowest BCUT2D eigenvalue weighted by molar-refractivity contribution is -0.121. The van der Waals surface area contributed by atoms with Crippen LogP contribution >= 0.6 is 0 Å². The van der Waals surface area contributed by atoms with E-state index in [4.69, 9.17) is 5.73 Å². The van der Waals surface area contributed by atoms with Crippen LogP contribution in [0.1, 0.15) is 26.0 Å². The Morgan fingerprint density at radius 2 is 2.24 bits per heavy atom. The van der Waals surface area contributed by atoms with E-state index < -0.39 is 0 Å². The third kappa shape index (κ3) is 3.94. The standard InChI is InChI=1S/C12H20N4O/c1-4-7-14-12(17)9(3)16-11-10(13)6-5-8(2)15-11/h5-6,9H,4,7,13H2,1-3H3,(H,14,17)(H,15,16). The number of aryl methyl sites for hydroxylation is 1. The van der Waals surface area contributed by atoms with Crippen LogP contribution in [0.15, 0.2) is 12.1 Å². The highest BCUT2D eigenvalue weighted by molar-refractivity contribution is 5.84. The van der Waals surface area contributed by atoms with Gasteiger partial charge in [0.2, 0.25) is 5.91 Å². The Morgan fingerprint density at radius 3 is 2.88 bits per heavy atom. The third-order valence-electron chi connectivity index (χ3n) is 2.36. The van der Waals surface area contributed by atoms with Crippen molar-refractivity contribution >= 4 is 17.4 Å². The Kier molecular flexibility index (Phi) is 4.75.